The molecule has 0 spiro atoms. The van der Waals surface area contributed by atoms with E-state index in [1.165, 1.54) is 12.2 Å². The van der Waals surface area contributed by atoms with Crippen LogP contribution in [0.15, 0.2) is 96.8 Å². The summed E-state index contributed by atoms with van der Waals surface area (Å²) in [4.78, 5) is 13.3. The van der Waals surface area contributed by atoms with Crippen LogP contribution in [0.1, 0.15) is 40.5 Å². The Labute approximate surface area is 240 Å². The molecule has 0 bridgehead atoms. The maximum Gasteiger partial charge on any atom is 0.432 e. The van der Waals surface area contributed by atoms with Crippen molar-refractivity contribution in [2.24, 2.45) is 0 Å². The number of hydrogen-bond donors (Lipinski definition) is 0. The van der Waals surface area contributed by atoms with Gasteiger partial charge in [-0.05, 0) is 58.5 Å². The lowest BCUT2D eigenvalue weighted by atomic mass is 9.91. The molecule has 0 fully saturated rings. The molecule has 0 saturated carbocycles. The van der Waals surface area contributed by atoms with Crippen LogP contribution in [0.4, 0.5) is 30.7 Å². The first kappa shape index (κ1) is 28.3. The molecule has 0 saturated heterocycles. The average molecular weight is 596 g/mol. The number of alkyl halides is 2. The van der Waals surface area contributed by atoms with Gasteiger partial charge in [-0.15, -0.1) is 0 Å². The first-order chi connectivity index (χ1) is 20.5. The van der Waals surface area contributed by atoms with E-state index in [-0.39, 0.29) is 29.9 Å². The second kappa shape index (κ2) is 10.8. The van der Waals surface area contributed by atoms with Crippen molar-refractivity contribution in [1.82, 2.24) is 0 Å². The Hall–Kier alpha value is -4.86. The molecule has 10 heteroatoms. The molecule has 4 aromatic carbocycles. The number of carbonyl (C=O) groups excluding carboxylic acids is 1. The molecular formula is C33H19F7O3. The van der Waals surface area contributed by atoms with Crippen molar-refractivity contribution in [3.8, 4) is 16.9 Å². The first-order valence-corrected chi connectivity index (χ1v) is 13.0. The average Bonchev–Trinajstić information content (AvgIpc) is 3.30. The second-order valence-electron chi connectivity index (χ2n) is 10.0. The number of rotatable bonds is 6. The van der Waals surface area contributed by atoms with Gasteiger partial charge in [0.05, 0.1) is 0 Å². The molecule has 3 nitrogen and oxygen atoms in total. The summed E-state index contributed by atoms with van der Waals surface area (Å²) in [6.45, 7) is 0. The van der Waals surface area contributed by atoms with Crippen molar-refractivity contribution in [2.75, 3.05) is 0 Å². The van der Waals surface area contributed by atoms with Crippen molar-refractivity contribution >= 4 is 5.97 Å². The number of esters is 1. The van der Waals surface area contributed by atoms with Crippen molar-refractivity contribution in [3.05, 3.63) is 148 Å². The number of carbonyl (C=O) groups is 1. The van der Waals surface area contributed by atoms with E-state index in [0.717, 1.165) is 22.3 Å². The summed E-state index contributed by atoms with van der Waals surface area (Å²) in [6, 6.07) is 16.7. The fourth-order valence-electron chi connectivity index (χ4n) is 5.38. The van der Waals surface area contributed by atoms with Gasteiger partial charge >= 0.3 is 12.1 Å². The number of allylic oxidation sites excluding steroid dienone is 3. The molecule has 0 aromatic heterocycles. The summed E-state index contributed by atoms with van der Waals surface area (Å²) in [6.07, 6.45) is -0.0290. The third-order valence-electron chi connectivity index (χ3n) is 7.34. The van der Waals surface area contributed by atoms with Gasteiger partial charge in [-0.3, -0.25) is 4.79 Å². The Morgan fingerprint density at radius 2 is 1.33 bits per heavy atom. The number of halogens is 7. The number of benzene rings is 4. The minimum absolute atomic E-state index is 0.00458. The van der Waals surface area contributed by atoms with Crippen molar-refractivity contribution in [2.45, 2.75) is 24.4 Å². The van der Waals surface area contributed by atoms with E-state index in [9.17, 15) is 35.5 Å². The lowest BCUT2D eigenvalue weighted by Crippen LogP contribution is -2.25. The quantitative estimate of drug-likeness (QED) is 0.127. The Bertz CT molecular complexity index is 1740. The Morgan fingerprint density at radius 1 is 0.767 bits per heavy atom. The Balaban J connectivity index is 1.17. The van der Waals surface area contributed by atoms with Crippen LogP contribution < -0.4 is 4.74 Å². The van der Waals surface area contributed by atoms with Gasteiger partial charge in [0.1, 0.15) is 34.6 Å². The third-order valence-corrected chi connectivity index (χ3v) is 7.34. The first-order valence-electron chi connectivity index (χ1n) is 13.0. The fourth-order valence-corrected chi connectivity index (χ4v) is 5.38. The molecule has 0 aliphatic heterocycles. The predicted octanol–water partition coefficient (Wildman–Crippen LogP) is 8.79. The summed E-state index contributed by atoms with van der Waals surface area (Å²) in [5, 5.41) is 0. The number of hydrogen-bond acceptors (Lipinski definition) is 3. The van der Waals surface area contributed by atoms with Crippen molar-refractivity contribution < 1.29 is 45.0 Å². The van der Waals surface area contributed by atoms with Crippen molar-refractivity contribution in [3.63, 3.8) is 0 Å². The summed E-state index contributed by atoms with van der Waals surface area (Å²) in [7, 11) is 0. The summed E-state index contributed by atoms with van der Waals surface area (Å²) < 4.78 is 109. The van der Waals surface area contributed by atoms with E-state index in [1.54, 1.807) is 6.08 Å². The lowest BCUT2D eigenvalue weighted by Gasteiger charge is -2.22. The highest BCUT2D eigenvalue weighted by Gasteiger charge is 2.42. The molecule has 6 rings (SSSR count). The highest BCUT2D eigenvalue weighted by molar-refractivity contribution is 5.94. The molecule has 2 aliphatic rings. The fraction of sp³-hybridized carbons (Fsp3) is 0.121. The summed E-state index contributed by atoms with van der Waals surface area (Å²) >= 11 is 0. The zero-order valence-electron chi connectivity index (χ0n) is 21.9. The van der Waals surface area contributed by atoms with Gasteiger partial charge in [0.2, 0.25) is 0 Å². The molecule has 1 unspecified atom stereocenters. The van der Waals surface area contributed by atoms with E-state index < -0.39 is 64.3 Å². The standard InChI is InChI=1S/C33H19F7O3/c34-25-13-18(14-26(35)30(25)33(39,40)43-20-15-27(36)31(38)28(37)16-20)17-9-11-19(12-10-17)42-32(41)29-23-7-3-1-5-21(23)22-6-2-4-8-24(22)29/h1-9,11-17,29H,10H2. The molecular weight excluding hydrogens is 577 g/mol. The van der Waals surface area contributed by atoms with Gasteiger partial charge in [-0.25, -0.2) is 22.0 Å². The van der Waals surface area contributed by atoms with Crippen LogP contribution in [0, 0.1) is 29.1 Å². The molecule has 1 atom stereocenters. The van der Waals surface area contributed by atoms with Crippen LogP contribution in [-0.4, -0.2) is 5.97 Å². The number of ether oxygens (including phenoxy) is 2. The van der Waals surface area contributed by atoms with Gasteiger partial charge in [0.25, 0.3) is 0 Å². The zero-order valence-corrected chi connectivity index (χ0v) is 21.9. The van der Waals surface area contributed by atoms with Gasteiger partial charge in [-0.1, -0.05) is 54.6 Å². The van der Waals surface area contributed by atoms with E-state index in [0.29, 0.717) is 12.1 Å². The molecule has 0 amide bonds. The van der Waals surface area contributed by atoms with E-state index in [4.69, 9.17) is 4.74 Å². The van der Waals surface area contributed by atoms with E-state index >= 15 is 0 Å². The predicted molar refractivity (Wildman–Crippen MR) is 142 cm³/mol. The SMILES string of the molecule is O=C(OC1=CCC(c2cc(F)c(C(F)(F)Oc3cc(F)c(F)c(F)c3)c(F)c2)C=C1)C1c2ccccc2-c2ccccc21. The molecule has 0 radical (unpaired) electrons. The minimum Gasteiger partial charge on any atom is -0.429 e. The maximum absolute atomic E-state index is 14.8. The topological polar surface area (TPSA) is 35.5 Å². The van der Waals surface area contributed by atoms with E-state index in [1.807, 2.05) is 48.5 Å². The normalized spacial score (nSPS) is 16.0. The summed E-state index contributed by atoms with van der Waals surface area (Å²) in [5.74, 6) is -11.6. The Kier molecular flexibility index (Phi) is 7.07. The molecule has 218 valence electrons. The minimum atomic E-state index is -4.69. The monoisotopic (exact) mass is 596 g/mol. The molecule has 4 aromatic rings. The lowest BCUT2D eigenvalue weighted by molar-refractivity contribution is -0.189. The van der Waals surface area contributed by atoms with Crippen LogP contribution >= 0.6 is 0 Å². The number of fused-ring (bicyclic) bond motifs is 3. The smallest absolute Gasteiger partial charge is 0.429 e. The molecule has 0 heterocycles. The van der Waals surface area contributed by atoms with Crippen LogP contribution in [-0.2, 0) is 15.6 Å². The van der Waals surface area contributed by atoms with Gasteiger partial charge in [0, 0.05) is 18.1 Å². The molecule has 43 heavy (non-hydrogen) atoms. The summed E-state index contributed by atoms with van der Waals surface area (Å²) in [5.41, 5.74) is 1.72. The van der Waals surface area contributed by atoms with Crippen LogP contribution in [0.5, 0.6) is 5.75 Å². The molecule has 2 aliphatic carbocycles. The zero-order chi connectivity index (χ0) is 30.5. The van der Waals surface area contributed by atoms with Crippen LogP contribution in [0.3, 0.4) is 0 Å². The van der Waals surface area contributed by atoms with E-state index in [2.05, 4.69) is 4.74 Å². The van der Waals surface area contributed by atoms with Crippen LogP contribution in [0.2, 0.25) is 0 Å². The van der Waals surface area contributed by atoms with Gasteiger partial charge in [0.15, 0.2) is 17.5 Å². The maximum atomic E-state index is 14.8. The van der Waals surface area contributed by atoms with Gasteiger partial charge in [-0.2, -0.15) is 8.78 Å². The largest absolute Gasteiger partial charge is 0.432 e. The second-order valence-corrected chi connectivity index (χ2v) is 10.0. The highest BCUT2D eigenvalue weighted by atomic mass is 19.3. The molecule has 0 N–H and O–H groups in total. The van der Waals surface area contributed by atoms with Gasteiger partial charge < -0.3 is 9.47 Å². The third kappa shape index (κ3) is 5.17. The highest BCUT2D eigenvalue weighted by Crippen LogP contribution is 2.45. The van der Waals surface area contributed by atoms with Crippen LogP contribution in [0.25, 0.3) is 11.1 Å². The Morgan fingerprint density at radius 3 is 1.86 bits per heavy atom. The van der Waals surface area contributed by atoms with Crippen molar-refractivity contribution in [1.29, 1.82) is 0 Å².